The summed E-state index contributed by atoms with van der Waals surface area (Å²) in [5.41, 5.74) is 1.86. The molecule has 0 aliphatic carbocycles. The molecule has 0 fully saturated rings. The van der Waals surface area contributed by atoms with Gasteiger partial charge in [-0.25, -0.2) is 0 Å². The fourth-order valence-electron chi connectivity index (χ4n) is 2.95. The second-order valence-electron chi connectivity index (χ2n) is 5.93. The van der Waals surface area contributed by atoms with Gasteiger partial charge in [0.1, 0.15) is 0 Å². The van der Waals surface area contributed by atoms with Crippen LogP contribution in [-0.2, 0) is 17.8 Å². The van der Waals surface area contributed by atoms with Gasteiger partial charge in [0.15, 0.2) is 5.82 Å². The van der Waals surface area contributed by atoms with Gasteiger partial charge < -0.3 is 5.32 Å². The molecule has 128 valence electrons. The van der Waals surface area contributed by atoms with E-state index in [0.29, 0.717) is 12.2 Å². The maximum absolute atomic E-state index is 12.4. The van der Waals surface area contributed by atoms with Crippen molar-refractivity contribution in [3.8, 4) is 5.69 Å². The zero-order valence-corrected chi connectivity index (χ0v) is 14.0. The van der Waals surface area contributed by atoms with E-state index in [1.807, 2.05) is 72.8 Å². The molecule has 0 spiro atoms. The first-order chi connectivity index (χ1) is 12.8. The number of nitrogens with one attached hydrogen (secondary N) is 1. The van der Waals surface area contributed by atoms with Crippen LogP contribution in [0.15, 0.2) is 72.8 Å². The van der Waals surface area contributed by atoms with Gasteiger partial charge in [0.05, 0.1) is 18.7 Å². The molecule has 0 radical (unpaired) electrons. The summed E-state index contributed by atoms with van der Waals surface area (Å²) >= 11 is 0. The third-order valence-corrected chi connectivity index (χ3v) is 4.21. The van der Waals surface area contributed by atoms with E-state index < -0.39 is 0 Å². The lowest BCUT2D eigenvalue weighted by atomic mass is 10.0. The van der Waals surface area contributed by atoms with Crippen molar-refractivity contribution in [3.63, 3.8) is 0 Å². The van der Waals surface area contributed by atoms with Crippen LogP contribution in [0.25, 0.3) is 16.5 Å². The van der Waals surface area contributed by atoms with Crippen molar-refractivity contribution in [2.24, 2.45) is 0 Å². The Morgan fingerprint density at radius 1 is 0.923 bits per heavy atom. The van der Waals surface area contributed by atoms with Crippen LogP contribution >= 0.6 is 0 Å². The predicted molar refractivity (Wildman–Crippen MR) is 98.7 cm³/mol. The Morgan fingerprint density at radius 3 is 2.58 bits per heavy atom. The zero-order valence-electron chi connectivity index (χ0n) is 14.0. The van der Waals surface area contributed by atoms with Crippen LogP contribution in [0.1, 0.15) is 11.4 Å². The lowest BCUT2D eigenvalue weighted by molar-refractivity contribution is -0.120. The van der Waals surface area contributed by atoms with Crippen molar-refractivity contribution < 1.29 is 4.79 Å². The fraction of sp³-hybridized carbons (Fsp3) is 0.100. The van der Waals surface area contributed by atoms with Crippen LogP contribution in [0.4, 0.5) is 0 Å². The number of carbonyl (C=O) groups excluding carboxylic acids is 1. The summed E-state index contributed by atoms with van der Waals surface area (Å²) in [7, 11) is 0. The van der Waals surface area contributed by atoms with E-state index in [1.54, 1.807) is 4.68 Å². The highest BCUT2D eigenvalue weighted by Gasteiger charge is 2.11. The number of benzene rings is 3. The van der Waals surface area contributed by atoms with E-state index in [0.717, 1.165) is 22.0 Å². The van der Waals surface area contributed by atoms with Gasteiger partial charge in [0.25, 0.3) is 0 Å². The first kappa shape index (κ1) is 16.0. The first-order valence-electron chi connectivity index (χ1n) is 8.37. The Hall–Kier alpha value is -3.54. The van der Waals surface area contributed by atoms with Crippen LogP contribution in [-0.4, -0.2) is 26.1 Å². The van der Waals surface area contributed by atoms with E-state index in [-0.39, 0.29) is 12.5 Å². The average Bonchev–Trinajstić information content (AvgIpc) is 3.16. The van der Waals surface area contributed by atoms with E-state index in [1.165, 1.54) is 0 Å². The Morgan fingerprint density at radius 2 is 1.69 bits per heavy atom. The molecule has 0 saturated heterocycles. The molecule has 0 aliphatic heterocycles. The topological polar surface area (TPSA) is 72.7 Å². The molecule has 0 aliphatic rings. The fourth-order valence-corrected chi connectivity index (χ4v) is 2.95. The smallest absolute Gasteiger partial charge is 0.224 e. The van der Waals surface area contributed by atoms with Gasteiger partial charge in [-0.15, -0.1) is 5.10 Å². The summed E-state index contributed by atoms with van der Waals surface area (Å²) in [6, 6.07) is 23.7. The van der Waals surface area contributed by atoms with Gasteiger partial charge >= 0.3 is 0 Å². The number of nitrogens with zero attached hydrogens (tertiary/aromatic N) is 4. The monoisotopic (exact) mass is 343 g/mol. The Labute approximate surface area is 150 Å². The molecule has 1 aromatic heterocycles. The maximum atomic E-state index is 12.4. The summed E-state index contributed by atoms with van der Waals surface area (Å²) in [4.78, 5) is 12.4. The standard InChI is InChI=1S/C20H17N5O/c26-20(13-16-9-6-8-15-7-4-5-12-18(15)16)21-14-19-22-23-24-25(19)17-10-2-1-3-11-17/h1-12H,13-14H2,(H,21,26). The van der Waals surface area contributed by atoms with Crippen molar-refractivity contribution >= 4 is 16.7 Å². The minimum atomic E-state index is -0.0658. The number of fused-ring (bicyclic) bond motifs is 1. The van der Waals surface area contributed by atoms with Crippen LogP contribution in [0.5, 0.6) is 0 Å². The third kappa shape index (κ3) is 3.30. The summed E-state index contributed by atoms with van der Waals surface area (Å²) < 4.78 is 1.62. The number of carbonyl (C=O) groups is 1. The normalized spacial score (nSPS) is 10.8. The molecular weight excluding hydrogens is 326 g/mol. The summed E-state index contributed by atoms with van der Waals surface area (Å²) in [6.45, 7) is 0.269. The molecule has 4 rings (SSSR count). The molecule has 0 unspecified atom stereocenters. The zero-order chi connectivity index (χ0) is 17.8. The minimum Gasteiger partial charge on any atom is -0.348 e. The first-order valence-corrected chi connectivity index (χ1v) is 8.37. The van der Waals surface area contributed by atoms with Gasteiger partial charge in [0.2, 0.25) is 5.91 Å². The number of tetrazole rings is 1. The summed E-state index contributed by atoms with van der Waals surface area (Å²) in [5.74, 6) is 0.520. The molecule has 4 aromatic rings. The number of para-hydroxylation sites is 1. The highest BCUT2D eigenvalue weighted by molar-refractivity contribution is 5.90. The Balaban J connectivity index is 1.46. The third-order valence-electron chi connectivity index (χ3n) is 4.21. The summed E-state index contributed by atoms with van der Waals surface area (Å²) in [6.07, 6.45) is 0.314. The lowest BCUT2D eigenvalue weighted by Crippen LogP contribution is -2.26. The van der Waals surface area contributed by atoms with Gasteiger partial charge in [-0.2, -0.15) is 4.68 Å². The van der Waals surface area contributed by atoms with Gasteiger partial charge in [-0.3, -0.25) is 4.79 Å². The molecule has 0 atom stereocenters. The van der Waals surface area contributed by atoms with Gasteiger partial charge in [0, 0.05) is 0 Å². The predicted octanol–water partition coefficient (Wildman–Crippen LogP) is 2.67. The van der Waals surface area contributed by atoms with Crippen molar-refractivity contribution in [1.82, 2.24) is 25.5 Å². The number of rotatable bonds is 5. The van der Waals surface area contributed by atoms with Crippen molar-refractivity contribution in [2.75, 3.05) is 0 Å². The highest BCUT2D eigenvalue weighted by Crippen LogP contribution is 2.18. The average molecular weight is 343 g/mol. The van der Waals surface area contributed by atoms with E-state index in [4.69, 9.17) is 0 Å². The van der Waals surface area contributed by atoms with E-state index in [9.17, 15) is 4.79 Å². The number of hydrogen-bond donors (Lipinski definition) is 1. The largest absolute Gasteiger partial charge is 0.348 e. The maximum Gasteiger partial charge on any atom is 0.224 e. The molecular formula is C20H17N5O. The van der Waals surface area contributed by atoms with Crippen molar-refractivity contribution in [1.29, 1.82) is 0 Å². The van der Waals surface area contributed by atoms with Gasteiger partial charge in [-0.05, 0) is 38.9 Å². The number of amides is 1. The second-order valence-corrected chi connectivity index (χ2v) is 5.93. The van der Waals surface area contributed by atoms with Crippen molar-refractivity contribution in [2.45, 2.75) is 13.0 Å². The number of aromatic nitrogens is 4. The van der Waals surface area contributed by atoms with Crippen LogP contribution < -0.4 is 5.32 Å². The van der Waals surface area contributed by atoms with Crippen LogP contribution in [0, 0.1) is 0 Å². The van der Waals surface area contributed by atoms with Gasteiger partial charge in [-0.1, -0.05) is 60.7 Å². The SMILES string of the molecule is O=C(Cc1cccc2ccccc12)NCc1nnnn1-c1ccccc1. The van der Waals surface area contributed by atoms with Crippen molar-refractivity contribution in [3.05, 3.63) is 84.2 Å². The molecule has 3 aromatic carbocycles. The summed E-state index contributed by atoms with van der Waals surface area (Å²) in [5, 5.41) is 16.8. The minimum absolute atomic E-state index is 0.0658. The molecule has 6 nitrogen and oxygen atoms in total. The quantitative estimate of drug-likeness (QED) is 0.605. The molecule has 6 heteroatoms. The lowest BCUT2D eigenvalue weighted by Gasteiger charge is -2.08. The second kappa shape index (κ2) is 7.14. The van der Waals surface area contributed by atoms with E-state index >= 15 is 0 Å². The molecule has 1 N–H and O–H groups in total. The number of hydrogen-bond acceptors (Lipinski definition) is 4. The van der Waals surface area contributed by atoms with Crippen LogP contribution in [0.2, 0.25) is 0 Å². The highest BCUT2D eigenvalue weighted by atomic mass is 16.1. The molecule has 0 bridgehead atoms. The molecule has 1 heterocycles. The molecule has 0 saturated carbocycles. The Bertz CT molecular complexity index is 1040. The molecule has 1 amide bonds. The molecule has 26 heavy (non-hydrogen) atoms. The van der Waals surface area contributed by atoms with Crippen LogP contribution in [0.3, 0.4) is 0 Å². The Kier molecular flexibility index (Phi) is 4.38. The van der Waals surface area contributed by atoms with E-state index in [2.05, 4.69) is 20.8 Å².